The molecule has 6 nitrogen and oxygen atoms in total. The van der Waals surface area contributed by atoms with Gasteiger partial charge in [-0.3, -0.25) is 10.1 Å². The number of benzene rings is 1. The van der Waals surface area contributed by atoms with Crippen LogP contribution in [0.5, 0.6) is 0 Å². The standard InChI is InChI=1S/C14H12F6N2O4/c1-6(10(23)22-12(25)21-2)26-11(24)7-3-8(13(15,16)17)5-9(4-7)14(18,19)20/h3-6H,1-2H3,(H2,21,22,23,25)/t6-/m1/s1. The van der Waals surface area contributed by atoms with Crippen LogP contribution in [0.15, 0.2) is 18.2 Å². The smallest absolute Gasteiger partial charge is 0.416 e. The number of halogens is 6. The van der Waals surface area contributed by atoms with Gasteiger partial charge in [0.05, 0.1) is 16.7 Å². The summed E-state index contributed by atoms with van der Waals surface area (Å²) in [5.74, 6) is -2.72. The molecule has 0 saturated heterocycles. The van der Waals surface area contributed by atoms with E-state index in [-0.39, 0.29) is 18.2 Å². The van der Waals surface area contributed by atoms with Crippen molar-refractivity contribution in [2.24, 2.45) is 0 Å². The molecule has 144 valence electrons. The Bertz CT molecular complexity index is 682. The Labute approximate surface area is 142 Å². The second-order valence-corrected chi connectivity index (χ2v) is 4.91. The van der Waals surface area contributed by atoms with E-state index in [9.17, 15) is 40.7 Å². The zero-order valence-electron chi connectivity index (χ0n) is 13.2. The summed E-state index contributed by atoms with van der Waals surface area (Å²) in [6, 6.07) is -0.767. The molecule has 0 aliphatic carbocycles. The molecule has 3 amide bonds. The van der Waals surface area contributed by atoms with Crippen LogP contribution < -0.4 is 10.6 Å². The zero-order valence-corrected chi connectivity index (χ0v) is 13.2. The summed E-state index contributed by atoms with van der Waals surface area (Å²) in [5.41, 5.74) is -4.46. The van der Waals surface area contributed by atoms with Crippen LogP contribution in [-0.2, 0) is 21.9 Å². The van der Waals surface area contributed by atoms with Crippen molar-refractivity contribution >= 4 is 17.9 Å². The van der Waals surface area contributed by atoms with Gasteiger partial charge in [-0.1, -0.05) is 0 Å². The van der Waals surface area contributed by atoms with Crippen LogP contribution in [0, 0.1) is 0 Å². The Hall–Kier alpha value is -2.79. The SMILES string of the molecule is CNC(=O)NC(=O)[C@@H](C)OC(=O)c1cc(C(F)(F)F)cc(C(F)(F)F)c1. The zero-order chi connectivity index (χ0) is 20.3. The van der Waals surface area contributed by atoms with E-state index in [1.807, 2.05) is 5.32 Å². The van der Waals surface area contributed by atoms with Crippen molar-refractivity contribution in [3.63, 3.8) is 0 Å². The Morgan fingerprint density at radius 3 is 1.81 bits per heavy atom. The molecule has 1 rings (SSSR count). The Morgan fingerprint density at radius 2 is 1.42 bits per heavy atom. The topological polar surface area (TPSA) is 84.5 Å². The number of imide groups is 1. The highest BCUT2D eigenvalue weighted by Crippen LogP contribution is 2.36. The number of hydrogen-bond donors (Lipinski definition) is 2. The first-order valence-corrected chi connectivity index (χ1v) is 6.78. The summed E-state index contributed by atoms with van der Waals surface area (Å²) in [5, 5.41) is 3.75. The van der Waals surface area contributed by atoms with E-state index in [4.69, 9.17) is 0 Å². The summed E-state index contributed by atoms with van der Waals surface area (Å²) in [4.78, 5) is 34.3. The first-order chi connectivity index (χ1) is 11.8. The average Bonchev–Trinajstić information content (AvgIpc) is 2.52. The lowest BCUT2D eigenvalue weighted by atomic mass is 10.0. The third-order valence-electron chi connectivity index (χ3n) is 2.94. The monoisotopic (exact) mass is 386 g/mol. The predicted octanol–water partition coefficient (Wildman–Crippen LogP) is 2.73. The molecule has 0 aliphatic rings. The van der Waals surface area contributed by atoms with Gasteiger partial charge in [-0.25, -0.2) is 9.59 Å². The summed E-state index contributed by atoms with van der Waals surface area (Å²) in [6.07, 6.45) is -11.9. The lowest BCUT2D eigenvalue weighted by molar-refractivity contribution is -0.143. The molecule has 1 aromatic rings. The van der Waals surface area contributed by atoms with Crippen LogP contribution in [0.4, 0.5) is 31.1 Å². The number of hydrogen-bond acceptors (Lipinski definition) is 4. The van der Waals surface area contributed by atoms with Gasteiger partial charge in [0.25, 0.3) is 5.91 Å². The van der Waals surface area contributed by atoms with Gasteiger partial charge in [0.2, 0.25) is 0 Å². The highest BCUT2D eigenvalue weighted by atomic mass is 19.4. The maximum absolute atomic E-state index is 12.7. The van der Waals surface area contributed by atoms with Crippen molar-refractivity contribution in [3.8, 4) is 0 Å². The molecule has 26 heavy (non-hydrogen) atoms. The lowest BCUT2D eigenvalue weighted by Gasteiger charge is -2.16. The fraction of sp³-hybridized carbons (Fsp3) is 0.357. The molecule has 0 radical (unpaired) electrons. The summed E-state index contributed by atoms with van der Waals surface area (Å²) in [6.45, 7) is 0.981. The van der Waals surface area contributed by atoms with Gasteiger partial charge in [0.1, 0.15) is 0 Å². The van der Waals surface area contributed by atoms with Crippen LogP contribution in [0.1, 0.15) is 28.4 Å². The van der Waals surface area contributed by atoms with Crippen molar-refractivity contribution in [1.29, 1.82) is 0 Å². The Balaban J connectivity index is 3.11. The van der Waals surface area contributed by atoms with Gasteiger partial charge in [-0.05, 0) is 25.1 Å². The number of nitrogens with one attached hydrogen (secondary N) is 2. The van der Waals surface area contributed by atoms with Gasteiger partial charge in [-0.15, -0.1) is 0 Å². The van der Waals surface area contributed by atoms with Gasteiger partial charge in [0.15, 0.2) is 6.10 Å². The molecule has 0 fully saturated rings. The maximum Gasteiger partial charge on any atom is 0.416 e. The highest BCUT2D eigenvalue weighted by molar-refractivity contribution is 5.98. The Kier molecular flexibility index (Phi) is 6.23. The molecule has 0 heterocycles. The fourth-order valence-electron chi connectivity index (χ4n) is 1.63. The largest absolute Gasteiger partial charge is 0.449 e. The molecular weight excluding hydrogens is 374 g/mol. The third kappa shape index (κ3) is 5.63. The lowest BCUT2D eigenvalue weighted by Crippen LogP contribution is -2.43. The molecule has 2 N–H and O–H groups in total. The summed E-state index contributed by atoms with van der Waals surface area (Å²) in [7, 11) is 1.18. The van der Waals surface area contributed by atoms with Crippen LogP contribution >= 0.6 is 0 Å². The normalized spacial score (nSPS) is 12.9. The van der Waals surface area contributed by atoms with Gasteiger partial charge >= 0.3 is 24.4 Å². The number of amides is 3. The van der Waals surface area contributed by atoms with E-state index in [1.165, 1.54) is 7.05 Å². The molecule has 0 unspecified atom stereocenters. The predicted molar refractivity (Wildman–Crippen MR) is 73.9 cm³/mol. The molecule has 0 aliphatic heterocycles. The van der Waals surface area contributed by atoms with Crippen molar-refractivity contribution in [3.05, 3.63) is 34.9 Å². The van der Waals surface area contributed by atoms with Crippen LogP contribution in [0.25, 0.3) is 0 Å². The van der Waals surface area contributed by atoms with Crippen molar-refractivity contribution in [2.45, 2.75) is 25.4 Å². The minimum atomic E-state index is -5.14. The first kappa shape index (κ1) is 21.3. The number of rotatable bonds is 3. The van der Waals surface area contributed by atoms with E-state index in [0.717, 1.165) is 6.92 Å². The first-order valence-electron chi connectivity index (χ1n) is 6.78. The molecule has 1 aromatic carbocycles. The van der Waals surface area contributed by atoms with Crippen LogP contribution in [-0.4, -0.2) is 31.1 Å². The van der Waals surface area contributed by atoms with E-state index >= 15 is 0 Å². The summed E-state index contributed by atoms with van der Waals surface area (Å²) >= 11 is 0. The number of carbonyl (C=O) groups excluding carboxylic acids is 3. The van der Waals surface area contributed by atoms with Gasteiger partial charge in [-0.2, -0.15) is 26.3 Å². The second kappa shape index (κ2) is 7.62. The number of ether oxygens (including phenoxy) is 1. The van der Waals surface area contributed by atoms with E-state index < -0.39 is 53.1 Å². The number of carbonyl (C=O) groups is 3. The molecule has 1 atom stereocenters. The van der Waals surface area contributed by atoms with Crippen molar-refractivity contribution < 1.29 is 45.5 Å². The van der Waals surface area contributed by atoms with Crippen LogP contribution in [0.2, 0.25) is 0 Å². The fourth-order valence-corrected chi connectivity index (χ4v) is 1.63. The van der Waals surface area contributed by atoms with Gasteiger partial charge < -0.3 is 10.1 Å². The van der Waals surface area contributed by atoms with Crippen LogP contribution in [0.3, 0.4) is 0 Å². The number of esters is 1. The molecule has 12 heteroatoms. The summed E-state index contributed by atoms with van der Waals surface area (Å²) < 4.78 is 81.0. The second-order valence-electron chi connectivity index (χ2n) is 4.91. The molecule has 0 bridgehead atoms. The molecular formula is C14H12F6N2O4. The molecule has 0 spiro atoms. The number of urea groups is 1. The minimum absolute atomic E-state index is 0.154. The van der Waals surface area contributed by atoms with Crippen molar-refractivity contribution in [2.75, 3.05) is 7.05 Å². The number of alkyl halides is 6. The van der Waals surface area contributed by atoms with E-state index in [1.54, 1.807) is 5.32 Å². The molecule has 0 aromatic heterocycles. The minimum Gasteiger partial charge on any atom is -0.449 e. The van der Waals surface area contributed by atoms with Gasteiger partial charge in [0, 0.05) is 7.05 Å². The molecule has 0 saturated carbocycles. The quantitative estimate of drug-likeness (QED) is 0.618. The van der Waals surface area contributed by atoms with E-state index in [2.05, 4.69) is 4.74 Å². The average molecular weight is 386 g/mol. The Morgan fingerprint density at radius 1 is 0.962 bits per heavy atom. The van der Waals surface area contributed by atoms with Crippen molar-refractivity contribution in [1.82, 2.24) is 10.6 Å². The maximum atomic E-state index is 12.7. The third-order valence-corrected chi connectivity index (χ3v) is 2.94. The highest BCUT2D eigenvalue weighted by Gasteiger charge is 2.38. The van der Waals surface area contributed by atoms with E-state index in [0.29, 0.717) is 0 Å².